The molecule has 2 rings (SSSR count). The van der Waals surface area contributed by atoms with Crippen LogP contribution in [0.1, 0.15) is 39.7 Å². The van der Waals surface area contributed by atoms with Crippen molar-refractivity contribution in [2.45, 2.75) is 52.3 Å². The van der Waals surface area contributed by atoms with Crippen molar-refractivity contribution >= 4 is 17.5 Å². The lowest BCUT2D eigenvalue weighted by atomic mass is 9.95. The molecule has 2 atom stereocenters. The smallest absolute Gasteiger partial charge is 0.254 e. The predicted molar refractivity (Wildman–Crippen MR) is 85.2 cm³/mol. The van der Waals surface area contributed by atoms with Crippen molar-refractivity contribution in [3.8, 4) is 0 Å². The number of hydrogen-bond donors (Lipinski definition) is 2. The molecule has 0 fully saturated rings. The minimum absolute atomic E-state index is 0.000567. The van der Waals surface area contributed by atoms with E-state index in [1.807, 2.05) is 38.1 Å². The average molecular weight is 304 g/mol. The van der Waals surface area contributed by atoms with Gasteiger partial charge in [-0.1, -0.05) is 38.5 Å². The first-order valence-electron chi connectivity index (χ1n) is 7.68. The van der Waals surface area contributed by atoms with Gasteiger partial charge in [-0.25, -0.2) is 0 Å². The molecule has 0 bridgehead atoms. The highest BCUT2D eigenvalue weighted by molar-refractivity contribution is 6.00. The summed E-state index contributed by atoms with van der Waals surface area (Å²) in [5.41, 5.74) is 0.0942. The minimum atomic E-state index is -1.51. The average Bonchev–Trinajstić information content (AvgIpc) is 2.60. The molecule has 0 aromatic heterocycles. The number of nitrogens with one attached hydrogen (secondary N) is 1. The summed E-state index contributed by atoms with van der Waals surface area (Å²) in [7, 11) is 0. The second-order valence-electron chi connectivity index (χ2n) is 6.47. The van der Waals surface area contributed by atoms with Crippen molar-refractivity contribution in [1.82, 2.24) is 4.90 Å². The molecule has 120 valence electrons. The number of carbonyl (C=O) groups excluding carboxylic acids is 2. The van der Waals surface area contributed by atoms with Crippen LogP contribution in [0.2, 0.25) is 0 Å². The molecule has 1 unspecified atom stereocenters. The molecule has 1 aromatic rings. The summed E-state index contributed by atoms with van der Waals surface area (Å²) in [4.78, 5) is 26.8. The number of hydrogen-bond acceptors (Lipinski definition) is 3. The third-order valence-electron chi connectivity index (χ3n) is 4.19. The fourth-order valence-electron chi connectivity index (χ4n) is 2.75. The Bertz CT molecular complexity index is 578. The molecule has 5 heteroatoms. The van der Waals surface area contributed by atoms with E-state index in [-0.39, 0.29) is 11.8 Å². The standard InChI is InChI=1S/C17H24N2O3/c1-5-11(2)14-15(20)18-13-9-7-6-8-12(13)10-19(14)16(21)17(3,4)22/h6-9,11,14,22H,5,10H2,1-4H3,(H,18,20)/t11-,14?/m0/s1. The number of aliphatic hydroxyl groups is 1. The SMILES string of the molecule is CC[C@H](C)C1C(=O)Nc2ccccc2CN1C(=O)C(C)(C)O. The molecule has 22 heavy (non-hydrogen) atoms. The number of para-hydroxylation sites is 1. The van der Waals surface area contributed by atoms with Crippen LogP contribution in [0.3, 0.4) is 0 Å². The van der Waals surface area contributed by atoms with Gasteiger partial charge in [-0.15, -0.1) is 0 Å². The lowest BCUT2D eigenvalue weighted by Crippen LogP contribution is -2.54. The maximum Gasteiger partial charge on any atom is 0.254 e. The zero-order valence-electron chi connectivity index (χ0n) is 13.6. The van der Waals surface area contributed by atoms with E-state index in [1.165, 1.54) is 18.7 Å². The Morgan fingerprint density at radius 1 is 1.45 bits per heavy atom. The van der Waals surface area contributed by atoms with E-state index in [9.17, 15) is 14.7 Å². The van der Waals surface area contributed by atoms with Gasteiger partial charge in [-0.3, -0.25) is 9.59 Å². The lowest BCUT2D eigenvalue weighted by molar-refractivity contribution is -0.155. The number of benzene rings is 1. The second-order valence-corrected chi connectivity index (χ2v) is 6.47. The third-order valence-corrected chi connectivity index (χ3v) is 4.19. The van der Waals surface area contributed by atoms with Gasteiger partial charge in [-0.05, 0) is 31.4 Å². The van der Waals surface area contributed by atoms with Crippen molar-refractivity contribution in [2.24, 2.45) is 5.92 Å². The maximum atomic E-state index is 12.7. The number of anilines is 1. The van der Waals surface area contributed by atoms with Gasteiger partial charge in [0.15, 0.2) is 0 Å². The van der Waals surface area contributed by atoms with Crippen LogP contribution < -0.4 is 5.32 Å². The van der Waals surface area contributed by atoms with Crippen molar-refractivity contribution < 1.29 is 14.7 Å². The quantitative estimate of drug-likeness (QED) is 0.899. The first-order chi connectivity index (χ1) is 10.3. The van der Waals surface area contributed by atoms with E-state index < -0.39 is 17.6 Å². The fraction of sp³-hybridized carbons (Fsp3) is 0.529. The van der Waals surface area contributed by atoms with Crippen molar-refractivity contribution in [3.63, 3.8) is 0 Å². The van der Waals surface area contributed by atoms with Crippen LogP contribution in [0.4, 0.5) is 5.69 Å². The van der Waals surface area contributed by atoms with Gasteiger partial charge in [0, 0.05) is 12.2 Å². The normalized spacial score (nSPS) is 20.0. The minimum Gasteiger partial charge on any atom is -0.381 e. The highest BCUT2D eigenvalue weighted by atomic mass is 16.3. The van der Waals surface area contributed by atoms with Gasteiger partial charge >= 0.3 is 0 Å². The Morgan fingerprint density at radius 3 is 2.68 bits per heavy atom. The molecule has 0 saturated carbocycles. The van der Waals surface area contributed by atoms with Crippen LogP contribution in [0.25, 0.3) is 0 Å². The Kier molecular flexibility index (Phi) is 4.56. The summed E-state index contributed by atoms with van der Waals surface area (Å²) < 4.78 is 0. The monoisotopic (exact) mass is 304 g/mol. The molecule has 1 heterocycles. The van der Waals surface area contributed by atoms with Crippen LogP contribution in [0.5, 0.6) is 0 Å². The third kappa shape index (κ3) is 3.14. The van der Waals surface area contributed by atoms with E-state index in [4.69, 9.17) is 0 Å². The van der Waals surface area contributed by atoms with Crippen LogP contribution in [0, 0.1) is 5.92 Å². The van der Waals surface area contributed by atoms with Crippen LogP contribution in [0.15, 0.2) is 24.3 Å². The molecule has 0 radical (unpaired) electrons. The van der Waals surface area contributed by atoms with Gasteiger partial charge in [0.1, 0.15) is 11.6 Å². The van der Waals surface area contributed by atoms with E-state index in [2.05, 4.69) is 5.32 Å². The molecule has 0 saturated heterocycles. The Hall–Kier alpha value is -1.88. The molecule has 5 nitrogen and oxygen atoms in total. The number of nitrogens with zero attached hydrogens (tertiary/aromatic N) is 1. The van der Waals surface area contributed by atoms with E-state index in [0.29, 0.717) is 6.54 Å². The highest BCUT2D eigenvalue weighted by Gasteiger charge is 2.40. The molecule has 1 aliphatic heterocycles. The number of carbonyl (C=O) groups is 2. The van der Waals surface area contributed by atoms with Crippen LogP contribution >= 0.6 is 0 Å². The van der Waals surface area contributed by atoms with E-state index >= 15 is 0 Å². The molecular weight excluding hydrogens is 280 g/mol. The van der Waals surface area contributed by atoms with Gasteiger partial charge in [0.05, 0.1) is 0 Å². The number of rotatable bonds is 3. The van der Waals surface area contributed by atoms with Crippen molar-refractivity contribution in [2.75, 3.05) is 5.32 Å². The lowest BCUT2D eigenvalue weighted by Gasteiger charge is -2.35. The fourth-order valence-corrected chi connectivity index (χ4v) is 2.75. The van der Waals surface area contributed by atoms with E-state index in [0.717, 1.165) is 17.7 Å². The zero-order valence-corrected chi connectivity index (χ0v) is 13.6. The van der Waals surface area contributed by atoms with Crippen LogP contribution in [-0.2, 0) is 16.1 Å². The van der Waals surface area contributed by atoms with Gasteiger partial charge in [-0.2, -0.15) is 0 Å². The molecule has 2 amide bonds. The summed E-state index contributed by atoms with van der Waals surface area (Å²) in [5.74, 6) is -0.623. The van der Waals surface area contributed by atoms with Gasteiger partial charge < -0.3 is 15.3 Å². The van der Waals surface area contributed by atoms with Gasteiger partial charge in [0.25, 0.3) is 5.91 Å². The van der Waals surface area contributed by atoms with Gasteiger partial charge in [0.2, 0.25) is 5.91 Å². The van der Waals surface area contributed by atoms with Crippen molar-refractivity contribution in [3.05, 3.63) is 29.8 Å². The number of amides is 2. The summed E-state index contributed by atoms with van der Waals surface area (Å²) in [6.45, 7) is 7.16. The summed E-state index contributed by atoms with van der Waals surface area (Å²) >= 11 is 0. The van der Waals surface area contributed by atoms with Crippen LogP contribution in [-0.4, -0.2) is 33.5 Å². The largest absolute Gasteiger partial charge is 0.381 e. The molecule has 1 aliphatic rings. The molecule has 0 spiro atoms. The highest BCUT2D eigenvalue weighted by Crippen LogP contribution is 2.28. The molecular formula is C17H24N2O3. The summed E-state index contributed by atoms with van der Waals surface area (Å²) in [6.07, 6.45) is 0.768. The summed E-state index contributed by atoms with van der Waals surface area (Å²) in [6, 6.07) is 6.86. The predicted octanol–water partition coefficient (Wildman–Crippen LogP) is 2.15. The van der Waals surface area contributed by atoms with Crippen molar-refractivity contribution in [1.29, 1.82) is 0 Å². The van der Waals surface area contributed by atoms with E-state index in [1.54, 1.807) is 0 Å². The first kappa shape index (κ1) is 16.5. The Morgan fingerprint density at radius 2 is 2.09 bits per heavy atom. The first-order valence-corrected chi connectivity index (χ1v) is 7.68. The number of fused-ring (bicyclic) bond motifs is 1. The molecule has 1 aromatic carbocycles. The Balaban J connectivity index is 2.48. The second kappa shape index (κ2) is 6.08. The molecule has 2 N–H and O–H groups in total. The zero-order chi connectivity index (χ0) is 16.5. The maximum absolute atomic E-state index is 12.7. The topological polar surface area (TPSA) is 69.6 Å². The molecule has 0 aliphatic carbocycles. The summed E-state index contributed by atoms with van der Waals surface area (Å²) in [5, 5.41) is 13.0. The Labute approximate surface area is 131 Å².